The predicted octanol–water partition coefficient (Wildman–Crippen LogP) is 3.30. The molecule has 1 aromatic heterocycles. The molecule has 0 bridgehead atoms. The van der Waals surface area contributed by atoms with Crippen LogP contribution in [0.15, 0.2) is 46.7 Å². The van der Waals surface area contributed by atoms with Gasteiger partial charge in [0.1, 0.15) is 5.03 Å². The summed E-state index contributed by atoms with van der Waals surface area (Å²) in [6.07, 6.45) is 5.04. The number of halogens is 1. The molecule has 2 aromatic rings. The summed E-state index contributed by atoms with van der Waals surface area (Å²) in [6, 6.07) is 5.79. The summed E-state index contributed by atoms with van der Waals surface area (Å²) in [5, 5.41) is 1.53. The molecule has 0 amide bonds. The van der Waals surface area contributed by atoms with Gasteiger partial charge in [-0.2, -0.15) is 0 Å². The second kappa shape index (κ2) is 5.49. The molecule has 0 aliphatic carbocycles. The standard InChI is InChI=1S/C12H12ClN3S/c1-8(14)10-3-2-9(6-11(10)13)17-12-7-15-4-5-16-12/h2-8H,14H2,1H3. The highest BCUT2D eigenvalue weighted by Gasteiger charge is 2.07. The van der Waals surface area contributed by atoms with Crippen molar-refractivity contribution in [3.8, 4) is 0 Å². The largest absolute Gasteiger partial charge is 0.324 e. The van der Waals surface area contributed by atoms with Crippen LogP contribution in [0.5, 0.6) is 0 Å². The molecule has 3 nitrogen and oxygen atoms in total. The van der Waals surface area contributed by atoms with Gasteiger partial charge in [-0.3, -0.25) is 4.98 Å². The fourth-order valence-corrected chi connectivity index (χ4v) is 2.60. The summed E-state index contributed by atoms with van der Waals surface area (Å²) in [4.78, 5) is 9.23. The Kier molecular flexibility index (Phi) is 3.99. The van der Waals surface area contributed by atoms with Crippen LogP contribution in [0.1, 0.15) is 18.5 Å². The van der Waals surface area contributed by atoms with E-state index in [1.807, 2.05) is 25.1 Å². The molecule has 1 heterocycles. The molecule has 2 N–H and O–H groups in total. The third-order valence-electron chi connectivity index (χ3n) is 2.22. The van der Waals surface area contributed by atoms with E-state index >= 15 is 0 Å². The lowest BCUT2D eigenvalue weighted by atomic mass is 10.1. The molecule has 0 saturated heterocycles. The molecule has 1 atom stereocenters. The first-order chi connectivity index (χ1) is 8.16. The van der Waals surface area contributed by atoms with E-state index < -0.39 is 0 Å². The van der Waals surface area contributed by atoms with Crippen LogP contribution in [-0.4, -0.2) is 9.97 Å². The Bertz CT molecular complexity index is 502. The predicted molar refractivity (Wildman–Crippen MR) is 70.2 cm³/mol. The summed E-state index contributed by atoms with van der Waals surface area (Å²) >= 11 is 7.68. The first-order valence-electron chi connectivity index (χ1n) is 5.15. The van der Waals surface area contributed by atoms with Crippen LogP contribution in [0.2, 0.25) is 5.02 Å². The van der Waals surface area contributed by atoms with E-state index in [0.29, 0.717) is 5.02 Å². The number of hydrogen-bond acceptors (Lipinski definition) is 4. The van der Waals surface area contributed by atoms with Gasteiger partial charge in [-0.25, -0.2) is 4.98 Å². The molecule has 1 unspecified atom stereocenters. The van der Waals surface area contributed by atoms with Crippen molar-refractivity contribution < 1.29 is 0 Å². The zero-order valence-electron chi connectivity index (χ0n) is 9.30. The van der Waals surface area contributed by atoms with Gasteiger partial charge >= 0.3 is 0 Å². The highest BCUT2D eigenvalue weighted by molar-refractivity contribution is 7.99. The van der Waals surface area contributed by atoms with Gasteiger partial charge in [0.25, 0.3) is 0 Å². The van der Waals surface area contributed by atoms with Crippen LogP contribution in [0.3, 0.4) is 0 Å². The van der Waals surface area contributed by atoms with Gasteiger partial charge in [-0.15, -0.1) is 0 Å². The lowest BCUT2D eigenvalue weighted by Gasteiger charge is -2.09. The van der Waals surface area contributed by atoms with Crippen molar-refractivity contribution in [2.75, 3.05) is 0 Å². The van der Waals surface area contributed by atoms with E-state index in [-0.39, 0.29) is 6.04 Å². The SMILES string of the molecule is CC(N)c1ccc(Sc2cnccn2)cc1Cl. The Balaban J connectivity index is 2.21. The Morgan fingerprint density at radius 3 is 2.76 bits per heavy atom. The van der Waals surface area contributed by atoms with Crippen LogP contribution >= 0.6 is 23.4 Å². The molecule has 0 saturated carbocycles. The first kappa shape index (κ1) is 12.4. The maximum absolute atomic E-state index is 6.16. The van der Waals surface area contributed by atoms with E-state index in [9.17, 15) is 0 Å². The van der Waals surface area contributed by atoms with Crippen LogP contribution in [0.25, 0.3) is 0 Å². The van der Waals surface area contributed by atoms with Crippen molar-refractivity contribution in [1.82, 2.24) is 9.97 Å². The molecular formula is C12H12ClN3S. The number of aromatic nitrogens is 2. The summed E-state index contributed by atoms with van der Waals surface area (Å²) in [7, 11) is 0. The second-order valence-corrected chi connectivity index (χ2v) is 5.12. The Morgan fingerprint density at radius 1 is 1.35 bits per heavy atom. The van der Waals surface area contributed by atoms with Crippen molar-refractivity contribution in [2.45, 2.75) is 22.9 Å². The molecule has 0 spiro atoms. The Labute approximate surface area is 109 Å². The van der Waals surface area contributed by atoms with Gasteiger partial charge in [-0.05, 0) is 24.6 Å². The minimum atomic E-state index is -0.0573. The second-order valence-electron chi connectivity index (χ2n) is 3.62. The molecule has 0 fully saturated rings. The fourth-order valence-electron chi connectivity index (χ4n) is 1.40. The first-order valence-corrected chi connectivity index (χ1v) is 6.35. The summed E-state index contributed by atoms with van der Waals surface area (Å²) < 4.78 is 0. The summed E-state index contributed by atoms with van der Waals surface area (Å²) in [6.45, 7) is 1.91. The third-order valence-corrected chi connectivity index (χ3v) is 3.46. The monoisotopic (exact) mass is 265 g/mol. The average molecular weight is 266 g/mol. The molecule has 0 aliphatic rings. The van der Waals surface area contributed by atoms with Crippen molar-refractivity contribution in [2.24, 2.45) is 5.73 Å². The number of nitrogens with zero attached hydrogens (tertiary/aromatic N) is 2. The highest BCUT2D eigenvalue weighted by atomic mass is 35.5. The van der Waals surface area contributed by atoms with Crippen molar-refractivity contribution >= 4 is 23.4 Å². The van der Waals surface area contributed by atoms with E-state index in [0.717, 1.165) is 15.5 Å². The number of nitrogens with two attached hydrogens (primary N) is 1. The Hall–Kier alpha value is -1.10. The van der Waals surface area contributed by atoms with Crippen LogP contribution in [0.4, 0.5) is 0 Å². The lowest BCUT2D eigenvalue weighted by Crippen LogP contribution is -2.05. The fraction of sp³-hybridized carbons (Fsp3) is 0.167. The molecule has 17 heavy (non-hydrogen) atoms. The molecular weight excluding hydrogens is 254 g/mol. The van der Waals surface area contributed by atoms with Gasteiger partial charge in [0.2, 0.25) is 0 Å². The highest BCUT2D eigenvalue weighted by Crippen LogP contribution is 2.30. The molecule has 2 rings (SSSR count). The minimum absolute atomic E-state index is 0.0573. The van der Waals surface area contributed by atoms with Gasteiger partial charge in [0, 0.05) is 28.4 Å². The van der Waals surface area contributed by atoms with Gasteiger partial charge in [0.05, 0.1) is 6.20 Å². The zero-order valence-corrected chi connectivity index (χ0v) is 10.9. The quantitative estimate of drug-likeness (QED) is 0.925. The van der Waals surface area contributed by atoms with Crippen LogP contribution in [-0.2, 0) is 0 Å². The van der Waals surface area contributed by atoms with Crippen molar-refractivity contribution in [1.29, 1.82) is 0 Å². The minimum Gasteiger partial charge on any atom is -0.324 e. The van der Waals surface area contributed by atoms with Gasteiger partial charge in [0.15, 0.2) is 0 Å². The summed E-state index contributed by atoms with van der Waals surface area (Å²) in [5.74, 6) is 0. The summed E-state index contributed by atoms with van der Waals surface area (Å²) in [5.41, 5.74) is 6.76. The molecule has 0 aliphatic heterocycles. The molecule has 0 radical (unpaired) electrons. The van der Waals surface area contributed by atoms with Crippen LogP contribution in [0, 0.1) is 0 Å². The van der Waals surface area contributed by atoms with Crippen LogP contribution < -0.4 is 5.73 Å². The third kappa shape index (κ3) is 3.19. The van der Waals surface area contributed by atoms with E-state index in [4.69, 9.17) is 17.3 Å². The maximum atomic E-state index is 6.16. The van der Waals surface area contributed by atoms with Gasteiger partial charge in [-0.1, -0.05) is 29.4 Å². The molecule has 88 valence electrons. The zero-order chi connectivity index (χ0) is 12.3. The lowest BCUT2D eigenvalue weighted by molar-refractivity contribution is 0.817. The van der Waals surface area contributed by atoms with E-state index in [1.165, 1.54) is 11.8 Å². The smallest absolute Gasteiger partial charge is 0.119 e. The normalized spacial score (nSPS) is 12.4. The van der Waals surface area contributed by atoms with Gasteiger partial charge < -0.3 is 5.73 Å². The Morgan fingerprint density at radius 2 is 2.18 bits per heavy atom. The number of hydrogen-bond donors (Lipinski definition) is 1. The maximum Gasteiger partial charge on any atom is 0.119 e. The van der Waals surface area contributed by atoms with Crippen molar-refractivity contribution in [3.63, 3.8) is 0 Å². The molecule has 1 aromatic carbocycles. The average Bonchev–Trinajstić information content (AvgIpc) is 2.30. The van der Waals surface area contributed by atoms with E-state index in [1.54, 1.807) is 18.6 Å². The number of benzene rings is 1. The number of rotatable bonds is 3. The van der Waals surface area contributed by atoms with E-state index in [2.05, 4.69) is 9.97 Å². The van der Waals surface area contributed by atoms with Crippen molar-refractivity contribution in [3.05, 3.63) is 47.4 Å². The topological polar surface area (TPSA) is 51.8 Å². The molecule has 5 heteroatoms.